The minimum Gasteiger partial charge on any atom is -0.379 e. The predicted octanol–water partition coefficient (Wildman–Crippen LogP) is 2.92. The molecule has 2 saturated heterocycles. The van der Waals surface area contributed by atoms with E-state index in [1.165, 1.54) is 37.1 Å². The van der Waals surface area contributed by atoms with Gasteiger partial charge in [0.1, 0.15) is 0 Å². The van der Waals surface area contributed by atoms with E-state index in [0.29, 0.717) is 6.54 Å². The number of hydrogen-bond acceptors (Lipinski definition) is 4. The smallest absolute Gasteiger partial charge is 0.191 e. The van der Waals surface area contributed by atoms with Crippen molar-refractivity contribution in [2.45, 2.75) is 39.8 Å². The Morgan fingerprint density at radius 2 is 1.80 bits per heavy atom. The van der Waals surface area contributed by atoms with Gasteiger partial charge in [-0.1, -0.05) is 31.2 Å². The first-order valence-electron chi connectivity index (χ1n) is 11.4. The lowest BCUT2D eigenvalue weighted by Crippen LogP contribution is -2.44. The number of nitrogens with one attached hydrogen (secondary N) is 2. The standard InChI is InChI=1S/C23H39N5O.HI/c1-3-24-23(25-10-12-27-13-15-29-16-14-27)26-17-21-6-8-22(9-7-21)19-28-11-4-5-20(2)18-28;/h6-9,20H,3-5,10-19H2,1-2H3,(H2,24,25,26);1H. The molecule has 1 unspecified atom stereocenters. The van der Waals surface area contributed by atoms with Crippen molar-refractivity contribution in [2.75, 3.05) is 59.0 Å². The molecular formula is C23H40IN5O. The molecule has 0 amide bonds. The third-order valence-corrected chi connectivity index (χ3v) is 5.76. The summed E-state index contributed by atoms with van der Waals surface area (Å²) in [6.07, 6.45) is 2.71. The first kappa shape index (κ1) is 25.4. The number of ether oxygens (including phenoxy) is 1. The number of hydrogen-bond donors (Lipinski definition) is 2. The molecule has 0 bridgehead atoms. The number of morpholine rings is 1. The van der Waals surface area contributed by atoms with E-state index in [-0.39, 0.29) is 24.0 Å². The summed E-state index contributed by atoms with van der Waals surface area (Å²) in [5.74, 6) is 1.73. The highest BCUT2D eigenvalue weighted by molar-refractivity contribution is 14.0. The lowest BCUT2D eigenvalue weighted by Gasteiger charge is -2.30. The normalized spacial score (nSPS) is 21.1. The zero-order valence-electron chi connectivity index (χ0n) is 18.7. The number of aliphatic imine (C=N–C) groups is 1. The van der Waals surface area contributed by atoms with Gasteiger partial charge >= 0.3 is 0 Å². The van der Waals surface area contributed by atoms with E-state index in [0.717, 1.165) is 64.4 Å². The molecule has 0 saturated carbocycles. The highest BCUT2D eigenvalue weighted by Crippen LogP contribution is 2.18. The van der Waals surface area contributed by atoms with Gasteiger partial charge < -0.3 is 15.4 Å². The molecule has 2 aliphatic rings. The average Bonchev–Trinajstić information content (AvgIpc) is 2.74. The fourth-order valence-electron chi connectivity index (χ4n) is 4.11. The van der Waals surface area contributed by atoms with Crippen LogP contribution in [0.1, 0.15) is 37.8 Å². The molecule has 2 aliphatic heterocycles. The van der Waals surface area contributed by atoms with Crippen LogP contribution < -0.4 is 10.6 Å². The van der Waals surface area contributed by atoms with Gasteiger partial charge in [0.2, 0.25) is 0 Å². The summed E-state index contributed by atoms with van der Waals surface area (Å²) >= 11 is 0. The van der Waals surface area contributed by atoms with Crippen LogP contribution in [-0.4, -0.2) is 74.8 Å². The predicted molar refractivity (Wildman–Crippen MR) is 136 cm³/mol. The van der Waals surface area contributed by atoms with Crippen molar-refractivity contribution < 1.29 is 4.74 Å². The molecule has 0 spiro atoms. The van der Waals surface area contributed by atoms with E-state index >= 15 is 0 Å². The zero-order valence-corrected chi connectivity index (χ0v) is 21.1. The van der Waals surface area contributed by atoms with Crippen LogP contribution in [0.3, 0.4) is 0 Å². The number of rotatable bonds is 8. The third kappa shape index (κ3) is 9.08. The molecule has 0 aromatic heterocycles. The summed E-state index contributed by atoms with van der Waals surface area (Å²) in [4.78, 5) is 9.78. The molecule has 0 radical (unpaired) electrons. The SMILES string of the molecule is CCNC(=NCc1ccc(CN2CCCC(C)C2)cc1)NCCN1CCOCC1.I. The fraction of sp³-hybridized carbons (Fsp3) is 0.696. The molecule has 170 valence electrons. The maximum atomic E-state index is 5.41. The molecule has 2 fully saturated rings. The molecule has 2 heterocycles. The third-order valence-electron chi connectivity index (χ3n) is 5.76. The van der Waals surface area contributed by atoms with Crippen LogP contribution in [0.2, 0.25) is 0 Å². The van der Waals surface area contributed by atoms with Gasteiger partial charge in [-0.25, -0.2) is 4.99 Å². The monoisotopic (exact) mass is 529 g/mol. The molecule has 2 N–H and O–H groups in total. The van der Waals surface area contributed by atoms with Gasteiger partial charge in [0.25, 0.3) is 0 Å². The van der Waals surface area contributed by atoms with Crippen LogP contribution >= 0.6 is 24.0 Å². The Morgan fingerprint density at radius 1 is 1.07 bits per heavy atom. The highest BCUT2D eigenvalue weighted by Gasteiger charge is 2.16. The Morgan fingerprint density at radius 3 is 2.50 bits per heavy atom. The Labute approximate surface area is 199 Å². The second kappa shape index (κ2) is 14.2. The molecule has 7 heteroatoms. The fourth-order valence-corrected chi connectivity index (χ4v) is 4.11. The quantitative estimate of drug-likeness (QED) is 0.308. The van der Waals surface area contributed by atoms with E-state index in [4.69, 9.17) is 9.73 Å². The topological polar surface area (TPSA) is 52.1 Å². The minimum atomic E-state index is 0. The van der Waals surface area contributed by atoms with E-state index < -0.39 is 0 Å². The average molecular weight is 530 g/mol. The van der Waals surface area contributed by atoms with Gasteiger partial charge in [0.15, 0.2) is 5.96 Å². The van der Waals surface area contributed by atoms with Crippen molar-refractivity contribution in [2.24, 2.45) is 10.9 Å². The van der Waals surface area contributed by atoms with Gasteiger partial charge in [-0.3, -0.25) is 9.80 Å². The number of piperidine rings is 1. The van der Waals surface area contributed by atoms with Crippen molar-refractivity contribution in [3.05, 3.63) is 35.4 Å². The lowest BCUT2D eigenvalue weighted by molar-refractivity contribution is 0.0389. The van der Waals surface area contributed by atoms with Crippen LogP contribution in [0.15, 0.2) is 29.3 Å². The largest absolute Gasteiger partial charge is 0.379 e. The maximum Gasteiger partial charge on any atom is 0.191 e. The molecule has 30 heavy (non-hydrogen) atoms. The van der Waals surface area contributed by atoms with Crippen molar-refractivity contribution in [1.82, 2.24) is 20.4 Å². The molecule has 1 aromatic carbocycles. The Kier molecular flexibility index (Phi) is 12.0. The summed E-state index contributed by atoms with van der Waals surface area (Å²) in [6.45, 7) is 15.3. The second-order valence-electron chi connectivity index (χ2n) is 8.37. The summed E-state index contributed by atoms with van der Waals surface area (Å²) in [5.41, 5.74) is 2.66. The van der Waals surface area contributed by atoms with Crippen molar-refractivity contribution in [1.29, 1.82) is 0 Å². The van der Waals surface area contributed by atoms with Crippen LogP contribution in [0.4, 0.5) is 0 Å². The van der Waals surface area contributed by atoms with E-state index in [9.17, 15) is 0 Å². The minimum absolute atomic E-state index is 0. The van der Waals surface area contributed by atoms with Crippen LogP contribution in [0, 0.1) is 5.92 Å². The van der Waals surface area contributed by atoms with Crippen LogP contribution in [0.5, 0.6) is 0 Å². The highest BCUT2D eigenvalue weighted by atomic mass is 127. The molecule has 1 aromatic rings. The first-order chi connectivity index (χ1) is 14.2. The second-order valence-corrected chi connectivity index (χ2v) is 8.37. The van der Waals surface area contributed by atoms with Gasteiger partial charge in [0.05, 0.1) is 19.8 Å². The molecule has 1 atom stereocenters. The van der Waals surface area contributed by atoms with Gasteiger partial charge in [-0.15, -0.1) is 24.0 Å². The van der Waals surface area contributed by atoms with E-state index in [2.05, 4.69) is 58.5 Å². The molecule has 6 nitrogen and oxygen atoms in total. The number of benzene rings is 1. The Hall–Kier alpha value is -0.900. The van der Waals surface area contributed by atoms with Crippen LogP contribution in [-0.2, 0) is 17.8 Å². The molecular weight excluding hydrogens is 489 g/mol. The van der Waals surface area contributed by atoms with Crippen molar-refractivity contribution >= 4 is 29.9 Å². The summed E-state index contributed by atoms with van der Waals surface area (Å²) in [7, 11) is 0. The first-order valence-corrected chi connectivity index (χ1v) is 11.4. The number of halogens is 1. The molecule has 3 rings (SSSR count). The van der Waals surface area contributed by atoms with E-state index in [1.807, 2.05) is 0 Å². The summed E-state index contributed by atoms with van der Waals surface area (Å²) in [5, 5.41) is 6.81. The lowest BCUT2D eigenvalue weighted by atomic mass is 9.99. The van der Waals surface area contributed by atoms with Gasteiger partial charge in [0, 0.05) is 45.8 Å². The van der Waals surface area contributed by atoms with Crippen molar-refractivity contribution in [3.63, 3.8) is 0 Å². The van der Waals surface area contributed by atoms with Crippen molar-refractivity contribution in [3.8, 4) is 0 Å². The Balaban J connectivity index is 0.00000320. The maximum absolute atomic E-state index is 5.41. The van der Waals surface area contributed by atoms with Gasteiger partial charge in [-0.2, -0.15) is 0 Å². The Bertz CT molecular complexity index is 619. The summed E-state index contributed by atoms with van der Waals surface area (Å²) < 4.78 is 5.41. The number of likely N-dealkylation sites (tertiary alicyclic amines) is 1. The number of guanidine groups is 1. The van der Waals surface area contributed by atoms with Gasteiger partial charge in [-0.05, 0) is 43.4 Å². The van der Waals surface area contributed by atoms with Crippen LogP contribution in [0.25, 0.3) is 0 Å². The number of nitrogens with zero attached hydrogens (tertiary/aromatic N) is 3. The molecule has 0 aliphatic carbocycles. The zero-order chi connectivity index (χ0) is 20.3. The summed E-state index contributed by atoms with van der Waals surface area (Å²) in [6, 6.07) is 8.98. The van der Waals surface area contributed by atoms with E-state index in [1.54, 1.807) is 0 Å².